The average Bonchev–Trinajstić information content (AvgIpc) is 2.65. The van der Waals surface area contributed by atoms with Crippen LogP contribution in [-0.4, -0.2) is 11.9 Å². The van der Waals surface area contributed by atoms with E-state index in [1.165, 1.54) is 0 Å². The molecule has 0 aliphatic rings. The maximum atomic E-state index is 10.7. The molecule has 0 heterocycles. The number of carbonyl (C=O) groups excluding carboxylic acids is 2. The zero-order valence-electron chi connectivity index (χ0n) is 23.4. The Bertz CT molecular complexity index is 876. The molecular weight excluding hydrogens is 490 g/mol. The summed E-state index contributed by atoms with van der Waals surface area (Å²) in [5, 5.41) is 21.4. The van der Waals surface area contributed by atoms with Crippen LogP contribution in [0.15, 0.2) is 48.5 Å². The van der Waals surface area contributed by atoms with Crippen molar-refractivity contribution in [2.45, 2.75) is 92.9 Å². The van der Waals surface area contributed by atoms with Crippen LogP contribution in [0.2, 0.25) is 0 Å². The minimum atomic E-state index is -1.12. The molecule has 0 bridgehead atoms. The van der Waals surface area contributed by atoms with Gasteiger partial charge in [0.2, 0.25) is 0 Å². The van der Waals surface area contributed by atoms with Gasteiger partial charge in [0.05, 0.1) is 11.9 Å². The maximum absolute atomic E-state index is 10.7. The van der Waals surface area contributed by atoms with E-state index in [1.807, 2.05) is 24.3 Å². The molecule has 0 amide bonds. The van der Waals surface area contributed by atoms with E-state index in [0.717, 1.165) is 24.0 Å². The number of benzene rings is 2. The zero-order valence-corrected chi connectivity index (χ0v) is 26.3. The van der Waals surface area contributed by atoms with Gasteiger partial charge in [-0.15, -0.1) is 0 Å². The summed E-state index contributed by atoms with van der Waals surface area (Å²) in [6, 6.07) is 14.0. The Labute approximate surface area is 225 Å². The van der Waals surface area contributed by atoms with Crippen LogP contribution >= 0.6 is 0 Å². The predicted molar refractivity (Wildman–Crippen MR) is 136 cm³/mol. The van der Waals surface area contributed by atoms with Gasteiger partial charge in [-0.25, -0.2) is 0 Å². The fourth-order valence-corrected chi connectivity index (χ4v) is 4.97. The summed E-state index contributed by atoms with van der Waals surface area (Å²) in [6.07, 6.45) is 2.09. The molecule has 0 aromatic heterocycles. The van der Waals surface area contributed by atoms with Gasteiger partial charge in [0.15, 0.2) is 0 Å². The van der Waals surface area contributed by atoms with E-state index >= 15 is 0 Å². The number of carboxylic acid groups (broad SMARTS) is 2. The summed E-state index contributed by atoms with van der Waals surface area (Å²) in [5.74, 6) is -2.24. The molecule has 2 aromatic carbocycles. The van der Waals surface area contributed by atoms with Crippen LogP contribution in [0.5, 0.6) is 0 Å². The normalized spacial score (nSPS) is 12.2. The first-order valence-electron chi connectivity index (χ1n) is 11.9. The van der Waals surface area contributed by atoms with Crippen molar-refractivity contribution in [1.29, 1.82) is 0 Å². The molecule has 0 unspecified atom stereocenters. The molecule has 0 saturated carbocycles. The van der Waals surface area contributed by atoms with Crippen molar-refractivity contribution in [3.8, 4) is 0 Å². The second-order valence-electron chi connectivity index (χ2n) is 13.0. The third-order valence-electron chi connectivity index (χ3n) is 5.75. The Hall–Kier alpha value is -2.00. The molecule has 2 rings (SSSR count). The SMILES string of the molecule is CC(C)(C)CC(C)(C)c1ccc(C(=O)[O-])cc1.CC(C)(C)CC(C)(C)c1ccc(C(=O)[O-])cc1.[Zn+2]. The van der Waals surface area contributed by atoms with Gasteiger partial charge in [0, 0.05) is 0 Å². The minimum Gasteiger partial charge on any atom is -0.545 e. The van der Waals surface area contributed by atoms with Crippen LogP contribution in [0.3, 0.4) is 0 Å². The van der Waals surface area contributed by atoms with E-state index in [9.17, 15) is 19.8 Å². The largest absolute Gasteiger partial charge is 2.00 e. The first kappa shape index (κ1) is 33.0. The van der Waals surface area contributed by atoms with Crippen molar-refractivity contribution in [3.05, 3.63) is 70.8 Å². The molecule has 0 aliphatic heterocycles. The van der Waals surface area contributed by atoms with Gasteiger partial charge in [-0.1, -0.05) is 118 Å². The monoisotopic (exact) mass is 530 g/mol. The van der Waals surface area contributed by atoms with Gasteiger partial charge < -0.3 is 19.8 Å². The fraction of sp³-hybridized carbons (Fsp3) is 0.533. The molecule has 2 aromatic rings. The Kier molecular flexibility index (Phi) is 11.6. The summed E-state index contributed by atoms with van der Waals surface area (Å²) in [7, 11) is 0. The first-order chi connectivity index (χ1) is 15.2. The molecule has 5 heteroatoms. The van der Waals surface area contributed by atoms with E-state index in [4.69, 9.17) is 0 Å². The summed E-state index contributed by atoms with van der Waals surface area (Å²) >= 11 is 0. The van der Waals surface area contributed by atoms with E-state index in [-0.39, 0.29) is 52.3 Å². The molecule has 0 N–H and O–H groups in total. The molecule has 0 radical (unpaired) electrons. The smallest absolute Gasteiger partial charge is 0.545 e. The number of carbonyl (C=O) groups is 2. The van der Waals surface area contributed by atoms with Gasteiger partial charge >= 0.3 is 19.5 Å². The third kappa shape index (κ3) is 11.5. The first-order valence-corrected chi connectivity index (χ1v) is 11.9. The van der Waals surface area contributed by atoms with Gasteiger partial charge in [-0.05, 0) is 56.8 Å². The van der Waals surface area contributed by atoms with Gasteiger partial charge in [0.25, 0.3) is 0 Å². The quantitative estimate of drug-likeness (QED) is 0.459. The zero-order chi connectivity index (χ0) is 26.5. The Balaban J connectivity index is 0.000000642. The number of carboxylic acids is 2. The summed E-state index contributed by atoms with van der Waals surface area (Å²) in [6.45, 7) is 22.0. The number of hydrogen-bond acceptors (Lipinski definition) is 4. The Morgan fingerprint density at radius 3 is 0.943 bits per heavy atom. The van der Waals surface area contributed by atoms with Crippen LogP contribution in [0, 0.1) is 10.8 Å². The van der Waals surface area contributed by atoms with Crippen LogP contribution < -0.4 is 10.2 Å². The van der Waals surface area contributed by atoms with Crippen LogP contribution in [0.4, 0.5) is 0 Å². The Morgan fingerprint density at radius 2 is 0.771 bits per heavy atom. The number of aromatic carboxylic acids is 2. The van der Waals surface area contributed by atoms with Crippen molar-refractivity contribution < 1.29 is 39.3 Å². The van der Waals surface area contributed by atoms with Crippen LogP contribution in [-0.2, 0) is 30.3 Å². The number of rotatable bonds is 6. The van der Waals surface area contributed by atoms with Gasteiger partial charge in [-0.2, -0.15) is 0 Å². The van der Waals surface area contributed by atoms with Gasteiger partial charge in [0.1, 0.15) is 0 Å². The fourth-order valence-electron chi connectivity index (χ4n) is 4.97. The van der Waals surface area contributed by atoms with Crippen molar-refractivity contribution in [3.63, 3.8) is 0 Å². The van der Waals surface area contributed by atoms with Gasteiger partial charge in [-0.3, -0.25) is 0 Å². The summed E-state index contributed by atoms with van der Waals surface area (Å²) in [4.78, 5) is 21.4. The Morgan fingerprint density at radius 1 is 0.543 bits per heavy atom. The number of hydrogen-bond donors (Lipinski definition) is 0. The van der Waals surface area contributed by atoms with E-state index in [1.54, 1.807) is 24.3 Å². The molecule has 188 valence electrons. The third-order valence-corrected chi connectivity index (χ3v) is 5.75. The van der Waals surface area contributed by atoms with Crippen molar-refractivity contribution in [2.24, 2.45) is 10.8 Å². The second kappa shape index (κ2) is 12.3. The van der Waals surface area contributed by atoms with Crippen molar-refractivity contribution in [2.75, 3.05) is 0 Å². The minimum absolute atomic E-state index is 0. The van der Waals surface area contributed by atoms with E-state index < -0.39 is 11.9 Å². The summed E-state index contributed by atoms with van der Waals surface area (Å²) < 4.78 is 0. The molecule has 0 spiro atoms. The summed E-state index contributed by atoms with van der Waals surface area (Å²) in [5.41, 5.74) is 3.38. The molecule has 0 atom stereocenters. The molecule has 4 nitrogen and oxygen atoms in total. The molecule has 0 fully saturated rings. The average molecular weight is 532 g/mol. The molecule has 35 heavy (non-hydrogen) atoms. The molecule has 0 aliphatic carbocycles. The van der Waals surface area contributed by atoms with Crippen molar-refractivity contribution >= 4 is 11.9 Å². The van der Waals surface area contributed by atoms with Crippen LogP contribution in [0.25, 0.3) is 0 Å². The topological polar surface area (TPSA) is 80.3 Å². The van der Waals surface area contributed by atoms with E-state index in [2.05, 4.69) is 69.2 Å². The van der Waals surface area contributed by atoms with E-state index in [0.29, 0.717) is 0 Å². The molecular formula is C30H42O4Zn. The second-order valence-corrected chi connectivity index (χ2v) is 13.0. The maximum Gasteiger partial charge on any atom is 2.00 e. The molecule has 0 saturated heterocycles. The predicted octanol–water partition coefficient (Wildman–Crippen LogP) is 5.53. The van der Waals surface area contributed by atoms with Crippen molar-refractivity contribution in [1.82, 2.24) is 0 Å². The standard InChI is InChI=1S/2C15H22O2.Zn/c2*1-14(2,3)10-15(4,5)12-8-6-11(7-9-12)13(16)17;/h2*6-9H,10H2,1-5H3,(H,16,17);/q;;+2/p-2. The van der Waals surface area contributed by atoms with Crippen LogP contribution in [0.1, 0.15) is 114 Å².